The normalized spacial score (nSPS) is 26.7. The number of alkyl carbamates (subject to hydrolysis) is 1. The molecule has 0 radical (unpaired) electrons. The fourth-order valence-electron chi connectivity index (χ4n) is 4.86. The number of unbranched alkanes of at least 4 members (excludes halogenated alkanes) is 1. The summed E-state index contributed by atoms with van der Waals surface area (Å²) in [7, 11) is 2.22. The van der Waals surface area contributed by atoms with Crippen molar-refractivity contribution in [1.82, 2.24) is 15.5 Å². The Morgan fingerprint density at radius 2 is 2.03 bits per heavy atom. The van der Waals surface area contributed by atoms with Crippen LogP contribution in [0.1, 0.15) is 58.1 Å². The van der Waals surface area contributed by atoms with Crippen LogP contribution in [0.5, 0.6) is 5.75 Å². The lowest BCUT2D eigenvalue weighted by Crippen LogP contribution is -2.66. The number of phenolic OH excluding ortho intramolecular Hbond substituents is 1. The second-order valence-corrected chi connectivity index (χ2v) is 9.83. The molecule has 0 unspecified atom stereocenters. The average Bonchev–Trinajstić information content (AvgIpc) is 2.62. The number of rotatable bonds is 6. The first-order valence-electron chi connectivity index (χ1n) is 10.8. The van der Waals surface area contributed by atoms with Crippen LogP contribution in [0.15, 0.2) is 18.2 Å². The highest BCUT2D eigenvalue weighted by atomic mass is 16.6. The molecule has 1 aliphatic heterocycles. The van der Waals surface area contributed by atoms with Crippen molar-refractivity contribution in [3.8, 4) is 5.75 Å². The number of likely N-dealkylation sites (tertiary alicyclic amines) is 1. The van der Waals surface area contributed by atoms with Gasteiger partial charge < -0.3 is 25.4 Å². The molecule has 1 aliphatic carbocycles. The number of likely N-dealkylation sites (N-methyl/N-ethyl adjacent to an activating group) is 1. The number of piperidine rings is 1. The second kappa shape index (κ2) is 8.52. The van der Waals surface area contributed by atoms with Crippen molar-refractivity contribution in [3.63, 3.8) is 0 Å². The second-order valence-electron chi connectivity index (χ2n) is 9.83. The lowest BCUT2D eigenvalue weighted by atomic mass is 9.61. The van der Waals surface area contributed by atoms with Gasteiger partial charge in [0.05, 0.1) is 0 Å². The summed E-state index contributed by atoms with van der Waals surface area (Å²) in [5, 5.41) is 16.7. The van der Waals surface area contributed by atoms with Gasteiger partial charge in [0.15, 0.2) is 0 Å². The number of carbonyl (C=O) groups is 1. The molecule has 0 saturated carbocycles. The van der Waals surface area contributed by atoms with E-state index in [1.54, 1.807) is 0 Å². The highest BCUT2D eigenvalue weighted by Gasteiger charge is 2.49. The van der Waals surface area contributed by atoms with Gasteiger partial charge in [-0.1, -0.05) is 13.0 Å². The standard InChI is InChI=1S/C23H37N3O3/c1-22(2,3)29-21(28)25-12-7-6-11-24-20-19-14-16-8-9-17(27)15-18(16)23(20,4)10-13-26(19)5/h8-9,15,19-20,24,27H,6-7,10-14H2,1-5H3,(H,25,28)/t19-,20+,23+/m1/s1. The predicted molar refractivity (Wildman–Crippen MR) is 115 cm³/mol. The molecule has 1 saturated heterocycles. The Labute approximate surface area is 175 Å². The van der Waals surface area contributed by atoms with Gasteiger partial charge in [-0.2, -0.15) is 0 Å². The summed E-state index contributed by atoms with van der Waals surface area (Å²) in [6, 6.07) is 6.69. The van der Waals surface area contributed by atoms with Crippen LogP contribution in [-0.2, 0) is 16.6 Å². The highest BCUT2D eigenvalue weighted by Crippen LogP contribution is 2.45. The summed E-state index contributed by atoms with van der Waals surface area (Å²) >= 11 is 0. The fraction of sp³-hybridized carbons (Fsp3) is 0.696. The Hall–Kier alpha value is -1.79. The predicted octanol–water partition coefficient (Wildman–Crippen LogP) is 3.17. The zero-order valence-corrected chi connectivity index (χ0v) is 18.5. The molecule has 162 valence electrons. The van der Waals surface area contributed by atoms with Gasteiger partial charge in [-0.3, -0.25) is 0 Å². The lowest BCUT2D eigenvalue weighted by Gasteiger charge is -2.55. The van der Waals surface area contributed by atoms with E-state index in [1.807, 2.05) is 32.9 Å². The number of ether oxygens (including phenoxy) is 1. The molecular weight excluding hydrogens is 366 g/mol. The van der Waals surface area contributed by atoms with E-state index in [-0.39, 0.29) is 11.5 Å². The molecule has 29 heavy (non-hydrogen) atoms. The van der Waals surface area contributed by atoms with Gasteiger partial charge >= 0.3 is 6.09 Å². The number of fused-ring (bicyclic) bond motifs is 4. The first-order chi connectivity index (χ1) is 13.6. The number of nitrogens with one attached hydrogen (secondary N) is 2. The third-order valence-corrected chi connectivity index (χ3v) is 6.40. The van der Waals surface area contributed by atoms with Gasteiger partial charge in [-0.15, -0.1) is 0 Å². The summed E-state index contributed by atoms with van der Waals surface area (Å²) in [4.78, 5) is 14.2. The van der Waals surface area contributed by atoms with E-state index in [2.05, 4.69) is 35.6 Å². The van der Waals surface area contributed by atoms with E-state index in [0.29, 0.717) is 24.4 Å². The SMILES string of the molecule is CN1CC[C@@]2(C)c3cc(O)ccc3C[C@@H]1[C@@H]2NCCCCNC(=O)OC(C)(C)C. The quantitative estimate of drug-likeness (QED) is 0.636. The summed E-state index contributed by atoms with van der Waals surface area (Å²) in [5.41, 5.74) is 2.22. The molecule has 6 heteroatoms. The number of benzene rings is 1. The topological polar surface area (TPSA) is 73.8 Å². The number of aromatic hydroxyl groups is 1. The van der Waals surface area contributed by atoms with E-state index < -0.39 is 5.60 Å². The molecule has 0 spiro atoms. The van der Waals surface area contributed by atoms with E-state index in [9.17, 15) is 9.90 Å². The van der Waals surface area contributed by atoms with Crippen LogP contribution in [0.25, 0.3) is 0 Å². The highest BCUT2D eigenvalue weighted by molar-refractivity contribution is 5.67. The van der Waals surface area contributed by atoms with E-state index in [0.717, 1.165) is 38.8 Å². The molecule has 1 aromatic rings. The minimum atomic E-state index is -0.462. The minimum absolute atomic E-state index is 0.0261. The Balaban J connectivity index is 1.53. The van der Waals surface area contributed by atoms with Crippen molar-refractivity contribution in [2.24, 2.45) is 0 Å². The summed E-state index contributed by atoms with van der Waals surface area (Å²) < 4.78 is 5.27. The van der Waals surface area contributed by atoms with E-state index in [1.165, 1.54) is 11.1 Å². The number of hydrogen-bond acceptors (Lipinski definition) is 5. The maximum atomic E-state index is 11.7. The minimum Gasteiger partial charge on any atom is -0.508 e. The Bertz CT molecular complexity index is 731. The third kappa shape index (κ3) is 5.04. The fourth-order valence-corrected chi connectivity index (χ4v) is 4.86. The van der Waals surface area contributed by atoms with Crippen LogP contribution < -0.4 is 10.6 Å². The molecule has 3 N–H and O–H groups in total. The van der Waals surface area contributed by atoms with Crippen molar-refractivity contribution in [2.75, 3.05) is 26.7 Å². The van der Waals surface area contributed by atoms with Crippen molar-refractivity contribution in [2.45, 2.75) is 76.5 Å². The van der Waals surface area contributed by atoms with Crippen LogP contribution in [0.4, 0.5) is 4.79 Å². The maximum Gasteiger partial charge on any atom is 0.407 e. The number of carbonyl (C=O) groups excluding carboxylic acids is 1. The van der Waals surface area contributed by atoms with Crippen molar-refractivity contribution >= 4 is 6.09 Å². The molecule has 6 nitrogen and oxygen atoms in total. The molecule has 3 rings (SSSR count). The zero-order chi connectivity index (χ0) is 21.2. The molecule has 2 bridgehead atoms. The smallest absolute Gasteiger partial charge is 0.407 e. The van der Waals surface area contributed by atoms with E-state index >= 15 is 0 Å². The Morgan fingerprint density at radius 3 is 2.76 bits per heavy atom. The molecule has 0 aromatic heterocycles. The number of hydrogen-bond donors (Lipinski definition) is 3. The van der Waals surface area contributed by atoms with Gasteiger partial charge in [-0.25, -0.2) is 4.79 Å². The third-order valence-electron chi connectivity index (χ3n) is 6.40. The lowest BCUT2D eigenvalue weighted by molar-refractivity contribution is 0.0526. The monoisotopic (exact) mass is 403 g/mol. The molecule has 2 aliphatic rings. The first kappa shape index (κ1) is 21.9. The molecule has 3 atom stereocenters. The van der Waals surface area contributed by atoms with E-state index in [4.69, 9.17) is 4.74 Å². The summed E-state index contributed by atoms with van der Waals surface area (Å²) in [6.45, 7) is 10.6. The van der Waals surface area contributed by atoms with Gasteiger partial charge in [0, 0.05) is 24.0 Å². The van der Waals surface area contributed by atoms with Crippen molar-refractivity contribution in [1.29, 1.82) is 0 Å². The Kier molecular flexibility index (Phi) is 6.44. The van der Waals surface area contributed by atoms with Crippen LogP contribution in [-0.4, -0.2) is 60.5 Å². The Morgan fingerprint density at radius 1 is 1.31 bits per heavy atom. The average molecular weight is 404 g/mol. The molecule has 1 amide bonds. The van der Waals surface area contributed by atoms with Crippen molar-refractivity contribution in [3.05, 3.63) is 29.3 Å². The van der Waals surface area contributed by atoms with Crippen LogP contribution in [0.2, 0.25) is 0 Å². The number of nitrogens with zero attached hydrogens (tertiary/aromatic N) is 1. The molecule has 1 fully saturated rings. The van der Waals surface area contributed by atoms with Gasteiger partial charge in [0.1, 0.15) is 11.4 Å². The van der Waals surface area contributed by atoms with Crippen LogP contribution >= 0.6 is 0 Å². The zero-order valence-electron chi connectivity index (χ0n) is 18.5. The van der Waals surface area contributed by atoms with Crippen LogP contribution in [0, 0.1) is 0 Å². The van der Waals surface area contributed by atoms with Crippen molar-refractivity contribution < 1.29 is 14.6 Å². The largest absolute Gasteiger partial charge is 0.508 e. The number of amides is 1. The van der Waals surface area contributed by atoms with Gasteiger partial charge in [-0.05, 0) is 89.9 Å². The van der Waals surface area contributed by atoms with Crippen LogP contribution in [0.3, 0.4) is 0 Å². The molecule has 1 aromatic carbocycles. The number of phenols is 1. The summed E-state index contributed by atoms with van der Waals surface area (Å²) in [5.74, 6) is 0.356. The summed E-state index contributed by atoms with van der Waals surface area (Å²) in [6.07, 6.45) is 3.64. The maximum absolute atomic E-state index is 11.7. The molecule has 1 heterocycles. The molecular formula is C23H37N3O3. The van der Waals surface area contributed by atoms with Gasteiger partial charge in [0.2, 0.25) is 0 Å². The van der Waals surface area contributed by atoms with Gasteiger partial charge in [0.25, 0.3) is 0 Å². The first-order valence-corrected chi connectivity index (χ1v) is 10.8.